The number of rotatable bonds is 8. The zero-order valence-electron chi connectivity index (χ0n) is 20.8. The molecule has 2 aliphatic heterocycles. The van der Waals surface area contributed by atoms with Crippen molar-refractivity contribution in [2.75, 3.05) is 38.0 Å². The van der Waals surface area contributed by atoms with Crippen molar-refractivity contribution in [1.29, 1.82) is 0 Å². The molecule has 1 unspecified atom stereocenters. The molecule has 6 nitrogen and oxygen atoms in total. The topological polar surface area (TPSA) is 53.4 Å². The smallest absolute Gasteiger partial charge is 0.293 e. The normalized spacial score (nSPS) is 21.7. The molecule has 0 radical (unpaired) electrons. The van der Waals surface area contributed by atoms with Crippen LogP contribution >= 0.6 is 0 Å². The van der Waals surface area contributed by atoms with Gasteiger partial charge in [0, 0.05) is 50.3 Å². The quantitative estimate of drug-likeness (QED) is 0.606. The van der Waals surface area contributed by atoms with Crippen molar-refractivity contribution < 1.29 is 0 Å². The lowest BCUT2D eigenvalue weighted by Gasteiger charge is -2.33. The van der Waals surface area contributed by atoms with Gasteiger partial charge in [-0.25, -0.2) is 4.98 Å². The number of piperidine rings is 2. The summed E-state index contributed by atoms with van der Waals surface area (Å²) >= 11 is 0. The first-order valence-electron chi connectivity index (χ1n) is 13.5. The van der Waals surface area contributed by atoms with E-state index >= 15 is 0 Å². The number of benzene rings is 1. The summed E-state index contributed by atoms with van der Waals surface area (Å²) < 4.78 is 1.84. The van der Waals surface area contributed by atoms with E-state index in [9.17, 15) is 4.79 Å². The predicted molar refractivity (Wildman–Crippen MR) is 143 cm³/mol. The molecule has 1 atom stereocenters. The number of hydrogen-bond donors (Lipinski definition) is 1. The second kappa shape index (κ2) is 11.7. The van der Waals surface area contributed by atoms with Gasteiger partial charge in [-0.3, -0.25) is 4.79 Å². The number of likely N-dealkylation sites (tertiary alicyclic amines) is 2. The highest BCUT2D eigenvalue weighted by Gasteiger charge is 2.22. The number of aromatic nitrogens is 2. The van der Waals surface area contributed by atoms with Gasteiger partial charge < -0.3 is 19.7 Å². The summed E-state index contributed by atoms with van der Waals surface area (Å²) in [5.74, 6) is 0.495. The van der Waals surface area contributed by atoms with Gasteiger partial charge in [-0.2, -0.15) is 0 Å². The lowest BCUT2D eigenvalue weighted by molar-refractivity contribution is 0.216. The van der Waals surface area contributed by atoms with Crippen LogP contribution in [0.25, 0.3) is 0 Å². The van der Waals surface area contributed by atoms with Crippen LogP contribution in [-0.2, 0) is 6.42 Å². The number of hydrogen-bond acceptors (Lipinski definition) is 5. The average Bonchev–Trinajstić information content (AvgIpc) is 2.92. The number of nitrogens with one attached hydrogen (secondary N) is 1. The average molecular weight is 474 g/mol. The molecule has 0 amide bonds. The highest BCUT2D eigenvalue weighted by atomic mass is 16.1. The molecule has 0 saturated carbocycles. The maximum atomic E-state index is 13.2. The Kier molecular flexibility index (Phi) is 7.99. The van der Waals surface area contributed by atoms with Crippen LogP contribution in [0.1, 0.15) is 56.6 Å². The number of nitrogens with zero attached hydrogens (tertiary/aromatic N) is 4. The summed E-state index contributed by atoms with van der Waals surface area (Å²) in [6, 6.07) is 11.1. The number of anilines is 1. The third-order valence-corrected chi connectivity index (χ3v) is 7.72. The molecule has 186 valence electrons. The van der Waals surface area contributed by atoms with Gasteiger partial charge in [-0.1, -0.05) is 42.5 Å². The second-order valence-corrected chi connectivity index (χ2v) is 10.2. The standard InChI is InChI=1S/C29H39N5O/c35-29-28(31-25-15-21-32(22-16-25)18-7-10-24-8-3-1-4-9-24)30-17-23-34(29)27-13-11-26(12-14-27)33-19-5-2-6-20-33/h1,3-4,8-9,11-13,17,23,25,27H,2,5-7,10,14-16,18-22H2,(H,30,31). The first-order valence-corrected chi connectivity index (χ1v) is 13.5. The van der Waals surface area contributed by atoms with Crippen LogP contribution in [0.15, 0.2) is 71.4 Å². The second-order valence-electron chi connectivity index (χ2n) is 10.2. The van der Waals surface area contributed by atoms with Gasteiger partial charge in [-0.05, 0) is 69.6 Å². The Morgan fingerprint density at radius 2 is 1.80 bits per heavy atom. The highest BCUT2D eigenvalue weighted by molar-refractivity contribution is 5.34. The van der Waals surface area contributed by atoms with Gasteiger partial charge in [0.15, 0.2) is 5.82 Å². The molecule has 5 rings (SSSR count). The molecule has 1 aromatic carbocycles. The zero-order chi connectivity index (χ0) is 23.9. The Morgan fingerprint density at radius 3 is 2.54 bits per heavy atom. The third-order valence-electron chi connectivity index (χ3n) is 7.72. The predicted octanol–water partition coefficient (Wildman–Crippen LogP) is 4.62. The van der Waals surface area contributed by atoms with Crippen LogP contribution in [0, 0.1) is 0 Å². The van der Waals surface area contributed by atoms with E-state index in [1.54, 1.807) is 6.20 Å². The van der Waals surface area contributed by atoms with E-state index in [0.717, 1.165) is 58.4 Å². The number of allylic oxidation sites excluding steroid dienone is 3. The minimum Gasteiger partial charge on any atom is -0.372 e. The van der Waals surface area contributed by atoms with Crippen LogP contribution in [0.5, 0.6) is 0 Å². The van der Waals surface area contributed by atoms with Gasteiger partial charge in [0.2, 0.25) is 0 Å². The maximum absolute atomic E-state index is 13.2. The van der Waals surface area contributed by atoms with E-state index in [1.165, 1.54) is 36.9 Å². The fourth-order valence-corrected chi connectivity index (χ4v) is 5.62. The van der Waals surface area contributed by atoms with Crippen molar-refractivity contribution in [2.24, 2.45) is 0 Å². The fourth-order valence-electron chi connectivity index (χ4n) is 5.62. The number of aryl methyl sites for hydroxylation is 1. The van der Waals surface area contributed by atoms with Crippen molar-refractivity contribution >= 4 is 5.82 Å². The Labute approximate surface area is 209 Å². The van der Waals surface area contributed by atoms with Crippen LogP contribution < -0.4 is 10.9 Å². The summed E-state index contributed by atoms with van der Waals surface area (Å²) in [6.45, 7) is 5.58. The first-order chi connectivity index (χ1) is 17.3. The SMILES string of the molecule is O=c1c(NC2CCN(CCCc3ccccc3)CC2)nccn1C1C=CC(N2CCCCC2)=CC1. The minimum absolute atomic E-state index is 0.0118. The molecule has 1 aromatic heterocycles. The van der Waals surface area contributed by atoms with E-state index in [4.69, 9.17) is 0 Å². The summed E-state index contributed by atoms with van der Waals surface area (Å²) in [6.07, 6.45) is 19.4. The Balaban J connectivity index is 1.11. The molecule has 2 fully saturated rings. The molecule has 2 saturated heterocycles. The summed E-state index contributed by atoms with van der Waals surface area (Å²) in [5.41, 5.74) is 2.72. The van der Waals surface area contributed by atoms with Gasteiger partial charge in [0.05, 0.1) is 6.04 Å². The van der Waals surface area contributed by atoms with E-state index in [0.29, 0.717) is 11.9 Å². The molecule has 0 spiro atoms. The van der Waals surface area contributed by atoms with Gasteiger partial charge in [0.1, 0.15) is 0 Å². The Morgan fingerprint density at radius 1 is 1.00 bits per heavy atom. The molecule has 1 aliphatic carbocycles. The van der Waals surface area contributed by atoms with Crippen LogP contribution in [0.4, 0.5) is 5.82 Å². The lowest BCUT2D eigenvalue weighted by atomic mass is 10.0. The molecular weight excluding hydrogens is 434 g/mol. The monoisotopic (exact) mass is 473 g/mol. The van der Waals surface area contributed by atoms with E-state index in [1.807, 2.05) is 10.8 Å². The Bertz CT molecular complexity index is 1060. The molecule has 3 aliphatic rings. The highest BCUT2D eigenvalue weighted by Crippen LogP contribution is 2.25. The molecule has 1 N–H and O–H groups in total. The molecule has 0 bridgehead atoms. The van der Waals surface area contributed by atoms with Crippen LogP contribution in [0.3, 0.4) is 0 Å². The van der Waals surface area contributed by atoms with E-state index < -0.39 is 0 Å². The first kappa shape index (κ1) is 23.9. The fraction of sp³-hybridized carbons (Fsp3) is 0.517. The molecular formula is C29H39N5O. The van der Waals surface area contributed by atoms with Crippen molar-refractivity contribution in [2.45, 2.75) is 63.5 Å². The summed E-state index contributed by atoms with van der Waals surface area (Å²) in [4.78, 5) is 22.7. The maximum Gasteiger partial charge on any atom is 0.293 e. The minimum atomic E-state index is -0.0118. The van der Waals surface area contributed by atoms with E-state index in [-0.39, 0.29) is 11.6 Å². The van der Waals surface area contributed by atoms with Gasteiger partial charge >= 0.3 is 0 Å². The molecule has 35 heavy (non-hydrogen) atoms. The third kappa shape index (κ3) is 6.23. The van der Waals surface area contributed by atoms with Crippen molar-refractivity contribution in [1.82, 2.24) is 19.4 Å². The lowest BCUT2D eigenvalue weighted by Crippen LogP contribution is -2.41. The van der Waals surface area contributed by atoms with Crippen molar-refractivity contribution in [3.8, 4) is 0 Å². The van der Waals surface area contributed by atoms with Gasteiger partial charge in [0.25, 0.3) is 5.56 Å². The van der Waals surface area contributed by atoms with Crippen LogP contribution in [0.2, 0.25) is 0 Å². The van der Waals surface area contributed by atoms with Crippen molar-refractivity contribution in [3.05, 3.63) is 82.6 Å². The molecule has 2 aromatic rings. The summed E-state index contributed by atoms with van der Waals surface area (Å²) in [7, 11) is 0. The van der Waals surface area contributed by atoms with Gasteiger partial charge in [-0.15, -0.1) is 0 Å². The zero-order valence-corrected chi connectivity index (χ0v) is 20.8. The Hall–Kier alpha value is -2.86. The van der Waals surface area contributed by atoms with Crippen molar-refractivity contribution in [3.63, 3.8) is 0 Å². The largest absolute Gasteiger partial charge is 0.372 e. The summed E-state index contributed by atoms with van der Waals surface area (Å²) in [5, 5.41) is 3.47. The molecule has 6 heteroatoms. The van der Waals surface area contributed by atoms with Crippen LogP contribution in [-0.4, -0.2) is 58.1 Å². The van der Waals surface area contributed by atoms with E-state index in [2.05, 4.69) is 68.7 Å². The molecule has 3 heterocycles.